The molecule has 0 aromatic carbocycles. The fourth-order valence-electron chi connectivity index (χ4n) is 5.34. The maximum Gasteiger partial charge on any atom is 0.303 e. The van der Waals surface area contributed by atoms with Crippen molar-refractivity contribution in [2.75, 3.05) is 0 Å². The molecule has 0 aliphatic heterocycles. The van der Waals surface area contributed by atoms with Crippen LogP contribution in [0.25, 0.3) is 0 Å². The van der Waals surface area contributed by atoms with Gasteiger partial charge < -0.3 is 20.4 Å². The van der Waals surface area contributed by atoms with Crippen molar-refractivity contribution in [3.8, 4) is 0 Å². The quantitative estimate of drug-likeness (QED) is 0.0398. The zero-order valence-corrected chi connectivity index (χ0v) is 32.4. The van der Waals surface area contributed by atoms with Gasteiger partial charge in [0, 0.05) is 40.1 Å². The van der Waals surface area contributed by atoms with Crippen LogP contribution in [0.4, 0.5) is 0 Å². The summed E-state index contributed by atoms with van der Waals surface area (Å²) in [5.74, 6) is -1.36. The molecule has 0 aliphatic rings. The molecule has 0 aromatic rings. The SMILES string of the molecule is CCCCCCC(O)CCCCCCCCCCC(=O)O.CCCCCCC(O)CCCCCCCCCCC(=O)O.[Pb]. The third-order valence-corrected chi connectivity index (χ3v) is 8.14. The van der Waals surface area contributed by atoms with Crippen LogP contribution in [0.1, 0.15) is 206 Å². The predicted octanol–water partition coefficient (Wildman–Crippen LogP) is 10.2. The van der Waals surface area contributed by atoms with Gasteiger partial charge in [0.15, 0.2) is 0 Å². The van der Waals surface area contributed by atoms with Crippen molar-refractivity contribution < 1.29 is 30.0 Å². The number of carboxylic acids is 2. The molecule has 4 radical (unpaired) electrons. The van der Waals surface area contributed by atoms with Gasteiger partial charge in [0.1, 0.15) is 0 Å². The van der Waals surface area contributed by atoms with Gasteiger partial charge in [-0.1, -0.05) is 155 Å². The summed E-state index contributed by atoms with van der Waals surface area (Å²) < 4.78 is 0. The second kappa shape index (κ2) is 39.8. The van der Waals surface area contributed by atoms with Crippen molar-refractivity contribution in [1.82, 2.24) is 0 Å². The van der Waals surface area contributed by atoms with Gasteiger partial charge in [0.25, 0.3) is 0 Å². The molecule has 6 nitrogen and oxygen atoms in total. The van der Waals surface area contributed by atoms with Crippen LogP contribution in [0.3, 0.4) is 0 Å². The van der Waals surface area contributed by atoms with Crippen molar-refractivity contribution in [3.63, 3.8) is 0 Å². The van der Waals surface area contributed by atoms with Crippen LogP contribution >= 0.6 is 0 Å². The summed E-state index contributed by atoms with van der Waals surface area (Å²) in [6, 6.07) is 0. The molecule has 7 heteroatoms. The van der Waals surface area contributed by atoms with Gasteiger partial charge in [0.05, 0.1) is 12.2 Å². The summed E-state index contributed by atoms with van der Waals surface area (Å²) in [5.41, 5.74) is 0. The normalized spacial score (nSPS) is 12.2. The average Bonchev–Trinajstić information content (AvgIpc) is 2.95. The Morgan fingerprint density at radius 2 is 0.605 bits per heavy atom. The number of hydrogen-bond acceptors (Lipinski definition) is 4. The van der Waals surface area contributed by atoms with Crippen LogP contribution in [0.5, 0.6) is 0 Å². The second-order valence-corrected chi connectivity index (χ2v) is 12.5. The van der Waals surface area contributed by atoms with Gasteiger partial charge >= 0.3 is 11.9 Å². The number of unbranched alkanes of at least 4 members (excludes halogenated alkanes) is 20. The van der Waals surface area contributed by atoms with E-state index in [2.05, 4.69) is 13.8 Å². The van der Waals surface area contributed by atoms with E-state index in [0.717, 1.165) is 77.0 Å². The summed E-state index contributed by atoms with van der Waals surface area (Å²) in [6.07, 6.45) is 32.5. The Labute approximate surface area is 286 Å². The van der Waals surface area contributed by atoms with E-state index < -0.39 is 11.9 Å². The molecule has 0 heterocycles. The fourth-order valence-corrected chi connectivity index (χ4v) is 5.34. The molecule has 0 rings (SSSR count). The molecule has 2 atom stereocenters. The first kappa shape index (κ1) is 47.2. The minimum Gasteiger partial charge on any atom is -0.481 e. The Morgan fingerprint density at radius 3 is 0.837 bits per heavy atom. The number of carbonyl (C=O) groups is 2. The molecule has 0 aromatic heterocycles. The summed E-state index contributed by atoms with van der Waals surface area (Å²) >= 11 is 0. The molecule has 43 heavy (non-hydrogen) atoms. The fraction of sp³-hybridized carbons (Fsp3) is 0.944. The van der Waals surface area contributed by atoms with Gasteiger partial charge in [0.2, 0.25) is 0 Å². The van der Waals surface area contributed by atoms with Crippen molar-refractivity contribution in [2.24, 2.45) is 0 Å². The van der Waals surface area contributed by atoms with Gasteiger partial charge in [-0.15, -0.1) is 0 Å². The van der Waals surface area contributed by atoms with Gasteiger partial charge in [-0.2, -0.15) is 0 Å². The first-order valence-corrected chi connectivity index (χ1v) is 18.1. The molecular formula is C36H72O6Pb. The number of carboxylic acid groups (broad SMARTS) is 2. The van der Waals surface area contributed by atoms with Crippen LogP contribution in [-0.2, 0) is 9.59 Å². The predicted molar refractivity (Wildman–Crippen MR) is 183 cm³/mol. The van der Waals surface area contributed by atoms with Crippen LogP contribution in [-0.4, -0.2) is 71.9 Å². The molecule has 0 fully saturated rings. The minimum atomic E-state index is -0.678. The maximum atomic E-state index is 10.3. The number of rotatable bonds is 32. The first-order chi connectivity index (χ1) is 20.3. The Hall–Kier alpha value is -0.218. The summed E-state index contributed by atoms with van der Waals surface area (Å²) in [5, 5.41) is 36.7. The van der Waals surface area contributed by atoms with Crippen LogP contribution in [0.2, 0.25) is 0 Å². The van der Waals surface area contributed by atoms with Crippen LogP contribution in [0.15, 0.2) is 0 Å². The number of aliphatic hydroxyl groups excluding tert-OH is 2. The molecule has 0 saturated heterocycles. The molecule has 0 saturated carbocycles. The zero-order valence-electron chi connectivity index (χ0n) is 28.5. The molecule has 2 unspecified atom stereocenters. The molecule has 0 amide bonds. The largest absolute Gasteiger partial charge is 0.481 e. The monoisotopic (exact) mass is 809 g/mol. The molecule has 4 N–H and O–H groups in total. The van der Waals surface area contributed by atoms with Gasteiger partial charge in [-0.3, -0.25) is 9.59 Å². The van der Waals surface area contributed by atoms with E-state index in [1.807, 2.05) is 0 Å². The smallest absolute Gasteiger partial charge is 0.303 e. The standard InChI is InChI=1S/2C18H36O3.Pb/c2*1-2-3-4-11-14-17(19)15-12-9-7-5-6-8-10-13-16-18(20)21;/h2*17,19H,2-16H2,1H3,(H,20,21);. The summed E-state index contributed by atoms with van der Waals surface area (Å²) in [4.78, 5) is 20.7. The van der Waals surface area contributed by atoms with E-state index in [0.29, 0.717) is 12.8 Å². The number of aliphatic hydroxyl groups is 2. The third-order valence-electron chi connectivity index (χ3n) is 8.14. The Balaban J connectivity index is -0.000000727. The number of hydrogen-bond donors (Lipinski definition) is 4. The van der Waals surface area contributed by atoms with Crippen LogP contribution in [0, 0.1) is 0 Å². The van der Waals surface area contributed by atoms with E-state index in [9.17, 15) is 19.8 Å². The first-order valence-electron chi connectivity index (χ1n) is 18.1. The van der Waals surface area contributed by atoms with E-state index in [4.69, 9.17) is 10.2 Å². The topological polar surface area (TPSA) is 115 Å². The molecule has 0 spiro atoms. The molecular weight excluding hydrogens is 736 g/mol. The zero-order chi connectivity index (χ0) is 31.5. The Kier molecular flexibility index (Phi) is 43.7. The van der Waals surface area contributed by atoms with E-state index in [-0.39, 0.29) is 39.5 Å². The van der Waals surface area contributed by atoms with E-state index in [1.54, 1.807) is 0 Å². The van der Waals surface area contributed by atoms with E-state index in [1.165, 1.54) is 103 Å². The van der Waals surface area contributed by atoms with Gasteiger partial charge in [-0.25, -0.2) is 0 Å². The van der Waals surface area contributed by atoms with Gasteiger partial charge in [-0.05, 0) is 38.5 Å². The Bertz CT molecular complexity index is 512. The Morgan fingerprint density at radius 1 is 0.395 bits per heavy atom. The van der Waals surface area contributed by atoms with Crippen molar-refractivity contribution in [2.45, 2.75) is 219 Å². The summed E-state index contributed by atoms with van der Waals surface area (Å²) in [6.45, 7) is 4.42. The molecule has 0 bridgehead atoms. The minimum absolute atomic E-state index is 0. The molecule has 256 valence electrons. The summed E-state index contributed by atoms with van der Waals surface area (Å²) in [7, 11) is 0. The molecule has 0 aliphatic carbocycles. The van der Waals surface area contributed by atoms with Crippen molar-refractivity contribution >= 4 is 39.2 Å². The van der Waals surface area contributed by atoms with Crippen molar-refractivity contribution in [1.29, 1.82) is 0 Å². The average molecular weight is 808 g/mol. The maximum absolute atomic E-state index is 10.3. The van der Waals surface area contributed by atoms with Crippen LogP contribution < -0.4 is 0 Å². The second-order valence-electron chi connectivity index (χ2n) is 12.5. The van der Waals surface area contributed by atoms with E-state index >= 15 is 0 Å². The van der Waals surface area contributed by atoms with Crippen molar-refractivity contribution in [3.05, 3.63) is 0 Å². The third kappa shape index (κ3) is 46.3. The number of aliphatic carboxylic acids is 2.